The molecule has 1 aliphatic rings. The molecule has 1 saturated heterocycles. The van der Waals surface area contributed by atoms with Gasteiger partial charge in [-0.25, -0.2) is 0 Å². The van der Waals surface area contributed by atoms with Crippen molar-refractivity contribution in [1.82, 2.24) is 0 Å². The molecule has 0 aliphatic carbocycles. The van der Waals surface area contributed by atoms with E-state index in [4.69, 9.17) is 9.47 Å². The van der Waals surface area contributed by atoms with Gasteiger partial charge in [0.15, 0.2) is 5.78 Å². The maximum Gasteiger partial charge on any atom is 0.195 e. The molecular weight excluding hydrogens is 228 g/mol. The van der Waals surface area contributed by atoms with Gasteiger partial charge in [-0.2, -0.15) is 0 Å². The Morgan fingerprint density at radius 2 is 2.06 bits per heavy atom. The first-order valence-electron chi connectivity index (χ1n) is 6.38. The summed E-state index contributed by atoms with van der Waals surface area (Å²) in [6.45, 7) is 5.95. The molecule has 0 N–H and O–H groups in total. The number of hydrogen-bond acceptors (Lipinski definition) is 3. The first kappa shape index (κ1) is 13.1. The standard InChI is InChI=1S/C15H20O3/c1-9-7-10(2)14(13(8-9)17-4)15(16)12-6-5-11(3)18-12/h7-8,11-12H,5-6H2,1-4H3. The summed E-state index contributed by atoms with van der Waals surface area (Å²) in [5.41, 5.74) is 2.73. The number of benzene rings is 1. The average molecular weight is 248 g/mol. The zero-order valence-electron chi connectivity index (χ0n) is 11.4. The minimum atomic E-state index is -0.310. The Morgan fingerprint density at radius 1 is 1.33 bits per heavy atom. The first-order chi connectivity index (χ1) is 8.52. The van der Waals surface area contributed by atoms with Gasteiger partial charge in [0.25, 0.3) is 0 Å². The lowest BCUT2D eigenvalue weighted by molar-refractivity contribution is 0.0430. The quantitative estimate of drug-likeness (QED) is 0.771. The van der Waals surface area contributed by atoms with Crippen LogP contribution in [0.3, 0.4) is 0 Å². The number of aryl methyl sites for hydroxylation is 2. The van der Waals surface area contributed by atoms with Gasteiger partial charge in [0, 0.05) is 0 Å². The Hall–Kier alpha value is -1.35. The first-order valence-corrected chi connectivity index (χ1v) is 6.38. The average Bonchev–Trinajstić information content (AvgIpc) is 2.74. The molecule has 98 valence electrons. The lowest BCUT2D eigenvalue weighted by atomic mass is 9.96. The molecule has 2 atom stereocenters. The van der Waals surface area contributed by atoms with Gasteiger partial charge >= 0.3 is 0 Å². The molecule has 1 aromatic carbocycles. The summed E-state index contributed by atoms with van der Waals surface area (Å²) in [6.07, 6.45) is 1.62. The van der Waals surface area contributed by atoms with Gasteiger partial charge < -0.3 is 9.47 Å². The second-order valence-corrected chi connectivity index (χ2v) is 5.04. The SMILES string of the molecule is COc1cc(C)cc(C)c1C(=O)C1CCC(C)O1. The van der Waals surface area contributed by atoms with Crippen LogP contribution in [-0.4, -0.2) is 25.1 Å². The fourth-order valence-corrected chi connectivity index (χ4v) is 2.56. The van der Waals surface area contributed by atoms with Crippen molar-refractivity contribution in [2.75, 3.05) is 7.11 Å². The van der Waals surface area contributed by atoms with Crippen LogP contribution in [0.2, 0.25) is 0 Å². The van der Waals surface area contributed by atoms with E-state index in [0.717, 1.165) is 24.0 Å². The predicted octanol–water partition coefficient (Wildman–Crippen LogP) is 3.06. The number of rotatable bonds is 3. The molecule has 18 heavy (non-hydrogen) atoms. The number of carbonyl (C=O) groups excluding carboxylic acids is 1. The van der Waals surface area contributed by atoms with E-state index in [1.807, 2.05) is 32.9 Å². The van der Waals surface area contributed by atoms with Gasteiger partial charge in [-0.3, -0.25) is 4.79 Å². The predicted molar refractivity (Wildman–Crippen MR) is 70.4 cm³/mol. The topological polar surface area (TPSA) is 35.5 Å². The van der Waals surface area contributed by atoms with Crippen LogP contribution in [-0.2, 0) is 4.74 Å². The van der Waals surface area contributed by atoms with Crippen LogP contribution in [0.1, 0.15) is 41.3 Å². The monoisotopic (exact) mass is 248 g/mol. The van der Waals surface area contributed by atoms with Gasteiger partial charge in [-0.15, -0.1) is 0 Å². The molecule has 1 fully saturated rings. The summed E-state index contributed by atoms with van der Waals surface area (Å²) in [5.74, 6) is 0.703. The molecule has 0 aromatic heterocycles. The zero-order chi connectivity index (χ0) is 13.3. The molecule has 3 nitrogen and oxygen atoms in total. The summed E-state index contributed by atoms with van der Waals surface area (Å²) in [6, 6.07) is 3.91. The largest absolute Gasteiger partial charge is 0.496 e. The fraction of sp³-hybridized carbons (Fsp3) is 0.533. The van der Waals surface area contributed by atoms with Crippen LogP contribution in [0.5, 0.6) is 5.75 Å². The fourth-order valence-electron chi connectivity index (χ4n) is 2.56. The van der Waals surface area contributed by atoms with Crippen LogP contribution in [0.4, 0.5) is 0 Å². The van der Waals surface area contributed by atoms with Crippen LogP contribution < -0.4 is 4.74 Å². The number of hydrogen-bond donors (Lipinski definition) is 0. The summed E-state index contributed by atoms with van der Waals surface area (Å²) >= 11 is 0. The molecular formula is C15H20O3. The van der Waals surface area contributed by atoms with E-state index in [1.54, 1.807) is 7.11 Å². The summed E-state index contributed by atoms with van der Waals surface area (Å²) in [5, 5.41) is 0. The molecule has 1 aliphatic heterocycles. The molecule has 0 bridgehead atoms. The normalized spacial score (nSPS) is 23.1. The number of ether oxygens (including phenoxy) is 2. The van der Waals surface area contributed by atoms with Crippen molar-refractivity contribution in [3.63, 3.8) is 0 Å². The van der Waals surface area contributed by atoms with Crippen molar-refractivity contribution in [3.8, 4) is 5.75 Å². The second kappa shape index (κ2) is 5.11. The number of Topliss-reactive ketones (excluding diaryl/α,β-unsaturated/α-hetero) is 1. The van der Waals surface area contributed by atoms with Gasteiger partial charge in [-0.05, 0) is 50.8 Å². The van der Waals surface area contributed by atoms with E-state index >= 15 is 0 Å². The molecule has 1 aromatic rings. The van der Waals surface area contributed by atoms with E-state index in [-0.39, 0.29) is 18.0 Å². The Kier molecular flexibility index (Phi) is 3.71. The highest BCUT2D eigenvalue weighted by molar-refractivity contribution is 6.03. The smallest absolute Gasteiger partial charge is 0.195 e. The lowest BCUT2D eigenvalue weighted by Crippen LogP contribution is -2.22. The summed E-state index contributed by atoms with van der Waals surface area (Å²) in [7, 11) is 1.60. The third kappa shape index (κ3) is 2.41. The number of ketones is 1. The minimum absolute atomic E-state index is 0.0497. The van der Waals surface area contributed by atoms with Crippen molar-refractivity contribution >= 4 is 5.78 Å². The maximum atomic E-state index is 12.5. The van der Waals surface area contributed by atoms with Gasteiger partial charge in [0.05, 0.1) is 18.8 Å². The Labute approximate surface area is 108 Å². The van der Waals surface area contributed by atoms with Crippen molar-refractivity contribution in [2.45, 2.75) is 45.8 Å². The van der Waals surface area contributed by atoms with Crippen molar-refractivity contribution in [2.24, 2.45) is 0 Å². The Balaban J connectivity index is 2.35. The Morgan fingerprint density at radius 3 is 2.61 bits per heavy atom. The molecule has 1 heterocycles. The molecule has 2 unspecified atom stereocenters. The van der Waals surface area contributed by atoms with E-state index in [1.165, 1.54) is 0 Å². The van der Waals surface area contributed by atoms with Crippen LogP contribution in [0.25, 0.3) is 0 Å². The van der Waals surface area contributed by atoms with Crippen molar-refractivity contribution in [1.29, 1.82) is 0 Å². The van der Waals surface area contributed by atoms with E-state index in [0.29, 0.717) is 11.3 Å². The third-order valence-electron chi connectivity index (χ3n) is 3.43. The van der Waals surface area contributed by atoms with Gasteiger partial charge in [0.1, 0.15) is 11.9 Å². The third-order valence-corrected chi connectivity index (χ3v) is 3.43. The highest BCUT2D eigenvalue weighted by Gasteiger charge is 2.31. The molecule has 0 saturated carbocycles. The van der Waals surface area contributed by atoms with E-state index in [9.17, 15) is 4.79 Å². The lowest BCUT2D eigenvalue weighted by Gasteiger charge is -2.15. The molecule has 0 amide bonds. The van der Waals surface area contributed by atoms with Crippen LogP contribution in [0, 0.1) is 13.8 Å². The number of carbonyl (C=O) groups is 1. The zero-order valence-corrected chi connectivity index (χ0v) is 11.4. The molecule has 2 rings (SSSR count). The van der Waals surface area contributed by atoms with Crippen molar-refractivity contribution in [3.05, 3.63) is 28.8 Å². The minimum Gasteiger partial charge on any atom is -0.496 e. The second-order valence-electron chi connectivity index (χ2n) is 5.04. The highest BCUT2D eigenvalue weighted by Crippen LogP contribution is 2.30. The van der Waals surface area contributed by atoms with Crippen LogP contribution >= 0.6 is 0 Å². The molecule has 0 radical (unpaired) electrons. The van der Waals surface area contributed by atoms with Crippen LogP contribution in [0.15, 0.2) is 12.1 Å². The highest BCUT2D eigenvalue weighted by atomic mass is 16.5. The summed E-state index contributed by atoms with van der Waals surface area (Å²) in [4.78, 5) is 12.5. The summed E-state index contributed by atoms with van der Waals surface area (Å²) < 4.78 is 11.0. The van der Waals surface area contributed by atoms with E-state index < -0.39 is 0 Å². The van der Waals surface area contributed by atoms with Crippen molar-refractivity contribution < 1.29 is 14.3 Å². The Bertz CT molecular complexity index is 465. The van der Waals surface area contributed by atoms with E-state index in [2.05, 4.69) is 0 Å². The maximum absolute atomic E-state index is 12.5. The molecule has 0 spiro atoms. The van der Waals surface area contributed by atoms with Gasteiger partial charge in [-0.1, -0.05) is 6.07 Å². The van der Waals surface area contributed by atoms with Gasteiger partial charge in [0.2, 0.25) is 0 Å². The number of methoxy groups -OCH3 is 1. The molecule has 3 heteroatoms.